The highest BCUT2D eigenvalue weighted by molar-refractivity contribution is 5.92. The highest BCUT2D eigenvalue weighted by Gasteiger charge is 2.23. The first-order valence-corrected chi connectivity index (χ1v) is 7.63. The topological polar surface area (TPSA) is 92.5 Å². The van der Waals surface area contributed by atoms with Gasteiger partial charge in [-0.2, -0.15) is 0 Å². The van der Waals surface area contributed by atoms with Crippen LogP contribution in [0.1, 0.15) is 16.3 Å². The van der Waals surface area contributed by atoms with Crippen LogP contribution in [0.2, 0.25) is 0 Å². The Hall–Kier alpha value is -3.03. The molecule has 0 bridgehead atoms. The minimum Gasteiger partial charge on any atom is -0.368 e. The molecule has 0 unspecified atom stereocenters. The number of hydrogen-bond acceptors (Lipinski definition) is 6. The predicted octanol–water partition coefficient (Wildman–Crippen LogP) is 1.66. The molecule has 0 aliphatic carbocycles. The summed E-state index contributed by atoms with van der Waals surface area (Å²) >= 11 is 0. The standard InChI is InChI=1S/C16H17N5O3/c1-12-17-7-6-15(18-12)16(22)20-10-8-19(9-11-20)13-2-4-14(5-3-13)21(23)24/h2-7H,8-11H2,1H3. The van der Waals surface area contributed by atoms with Crippen LogP contribution in [0.25, 0.3) is 0 Å². The molecule has 24 heavy (non-hydrogen) atoms. The maximum absolute atomic E-state index is 12.5. The molecule has 2 aromatic rings. The lowest BCUT2D eigenvalue weighted by molar-refractivity contribution is -0.384. The van der Waals surface area contributed by atoms with E-state index in [2.05, 4.69) is 14.9 Å². The molecule has 8 nitrogen and oxygen atoms in total. The van der Waals surface area contributed by atoms with Crippen molar-refractivity contribution in [1.29, 1.82) is 0 Å². The molecule has 1 aliphatic rings. The Morgan fingerprint density at radius 3 is 2.38 bits per heavy atom. The van der Waals surface area contributed by atoms with Crippen molar-refractivity contribution in [2.24, 2.45) is 0 Å². The minimum atomic E-state index is -0.413. The molecule has 0 atom stereocenters. The van der Waals surface area contributed by atoms with Crippen LogP contribution in [-0.4, -0.2) is 51.9 Å². The Labute approximate surface area is 138 Å². The number of nitro benzene ring substituents is 1. The molecule has 3 rings (SSSR count). The van der Waals surface area contributed by atoms with E-state index in [1.165, 1.54) is 12.1 Å². The van der Waals surface area contributed by atoms with Gasteiger partial charge < -0.3 is 9.80 Å². The fourth-order valence-electron chi connectivity index (χ4n) is 2.69. The van der Waals surface area contributed by atoms with Crippen molar-refractivity contribution in [3.8, 4) is 0 Å². The molecular formula is C16H17N5O3. The van der Waals surface area contributed by atoms with Crippen LogP contribution in [0.4, 0.5) is 11.4 Å². The van der Waals surface area contributed by atoms with Gasteiger partial charge in [0, 0.05) is 50.2 Å². The van der Waals surface area contributed by atoms with Gasteiger partial charge in [-0.1, -0.05) is 0 Å². The lowest BCUT2D eigenvalue weighted by atomic mass is 10.2. The summed E-state index contributed by atoms with van der Waals surface area (Å²) in [5.41, 5.74) is 1.41. The highest BCUT2D eigenvalue weighted by atomic mass is 16.6. The molecule has 0 saturated carbocycles. The Kier molecular flexibility index (Phi) is 4.37. The Bertz CT molecular complexity index is 755. The quantitative estimate of drug-likeness (QED) is 0.629. The lowest BCUT2D eigenvalue weighted by Gasteiger charge is -2.35. The Morgan fingerprint density at radius 2 is 1.79 bits per heavy atom. The largest absolute Gasteiger partial charge is 0.368 e. The number of carbonyl (C=O) groups excluding carboxylic acids is 1. The normalized spacial score (nSPS) is 14.5. The monoisotopic (exact) mass is 327 g/mol. The van der Waals surface area contributed by atoms with Crippen molar-refractivity contribution in [1.82, 2.24) is 14.9 Å². The van der Waals surface area contributed by atoms with Gasteiger partial charge in [0.15, 0.2) is 0 Å². The second-order valence-corrected chi connectivity index (χ2v) is 5.54. The molecule has 8 heteroatoms. The smallest absolute Gasteiger partial charge is 0.272 e. The molecule has 2 heterocycles. The van der Waals surface area contributed by atoms with Gasteiger partial charge in [-0.15, -0.1) is 0 Å². The molecule has 1 amide bonds. The summed E-state index contributed by atoms with van der Waals surface area (Å²) in [6.07, 6.45) is 1.59. The summed E-state index contributed by atoms with van der Waals surface area (Å²) in [7, 11) is 0. The van der Waals surface area contributed by atoms with Crippen molar-refractivity contribution < 1.29 is 9.72 Å². The number of carbonyl (C=O) groups is 1. The van der Waals surface area contributed by atoms with Gasteiger partial charge in [0.1, 0.15) is 11.5 Å². The number of nitro groups is 1. The van der Waals surface area contributed by atoms with Gasteiger partial charge in [0.2, 0.25) is 0 Å². The molecule has 124 valence electrons. The van der Waals surface area contributed by atoms with Gasteiger partial charge in [-0.25, -0.2) is 9.97 Å². The maximum atomic E-state index is 12.5. The maximum Gasteiger partial charge on any atom is 0.272 e. The third-order valence-corrected chi connectivity index (χ3v) is 3.99. The number of non-ortho nitro benzene ring substituents is 1. The first-order chi connectivity index (χ1) is 11.5. The number of rotatable bonds is 3. The summed E-state index contributed by atoms with van der Waals surface area (Å²) in [6, 6.07) is 8.10. The molecule has 1 aromatic heterocycles. The lowest BCUT2D eigenvalue weighted by Crippen LogP contribution is -2.49. The minimum absolute atomic E-state index is 0.0756. The van der Waals surface area contributed by atoms with Crippen LogP contribution in [0.15, 0.2) is 36.5 Å². The van der Waals surface area contributed by atoms with Crippen LogP contribution < -0.4 is 4.90 Å². The number of anilines is 1. The van der Waals surface area contributed by atoms with Gasteiger partial charge in [-0.3, -0.25) is 14.9 Å². The van der Waals surface area contributed by atoms with E-state index in [1.807, 2.05) is 0 Å². The first-order valence-electron chi connectivity index (χ1n) is 7.63. The van der Waals surface area contributed by atoms with Crippen molar-refractivity contribution >= 4 is 17.3 Å². The van der Waals surface area contributed by atoms with Crippen molar-refractivity contribution in [3.05, 3.63) is 58.2 Å². The van der Waals surface area contributed by atoms with E-state index < -0.39 is 4.92 Å². The van der Waals surface area contributed by atoms with Gasteiger partial charge in [-0.05, 0) is 25.1 Å². The van der Waals surface area contributed by atoms with E-state index in [4.69, 9.17) is 0 Å². The second kappa shape index (κ2) is 6.61. The van der Waals surface area contributed by atoms with E-state index in [9.17, 15) is 14.9 Å². The Morgan fingerprint density at radius 1 is 1.12 bits per heavy atom. The second-order valence-electron chi connectivity index (χ2n) is 5.54. The van der Waals surface area contributed by atoms with E-state index >= 15 is 0 Å². The first kappa shape index (κ1) is 15.9. The average Bonchev–Trinajstić information content (AvgIpc) is 2.61. The number of nitrogens with zero attached hydrogens (tertiary/aromatic N) is 5. The summed E-state index contributed by atoms with van der Waals surface area (Å²) in [6.45, 7) is 4.27. The van der Waals surface area contributed by atoms with Gasteiger partial charge in [0.25, 0.3) is 11.6 Å². The molecule has 1 saturated heterocycles. The van der Waals surface area contributed by atoms with Gasteiger partial charge >= 0.3 is 0 Å². The number of aryl methyl sites for hydroxylation is 1. The molecular weight excluding hydrogens is 310 g/mol. The number of amides is 1. The van der Waals surface area contributed by atoms with Crippen molar-refractivity contribution in [2.75, 3.05) is 31.1 Å². The number of aromatic nitrogens is 2. The molecule has 0 radical (unpaired) electrons. The number of piperazine rings is 1. The summed E-state index contributed by atoms with van der Waals surface area (Å²) in [5.74, 6) is 0.481. The van der Waals surface area contributed by atoms with Crippen LogP contribution in [0, 0.1) is 17.0 Å². The number of benzene rings is 1. The van der Waals surface area contributed by atoms with Gasteiger partial charge in [0.05, 0.1) is 4.92 Å². The van der Waals surface area contributed by atoms with Crippen LogP contribution in [0.5, 0.6) is 0 Å². The number of hydrogen-bond donors (Lipinski definition) is 0. The van der Waals surface area contributed by atoms with Crippen LogP contribution in [-0.2, 0) is 0 Å². The van der Waals surface area contributed by atoms with Crippen molar-refractivity contribution in [2.45, 2.75) is 6.92 Å². The summed E-state index contributed by atoms with van der Waals surface area (Å²) < 4.78 is 0. The molecule has 0 spiro atoms. The SMILES string of the molecule is Cc1nccc(C(=O)N2CCN(c3ccc([N+](=O)[O-])cc3)CC2)n1. The molecule has 0 N–H and O–H groups in total. The average molecular weight is 327 g/mol. The predicted molar refractivity (Wildman–Crippen MR) is 88.0 cm³/mol. The third-order valence-electron chi connectivity index (χ3n) is 3.99. The third kappa shape index (κ3) is 3.32. The highest BCUT2D eigenvalue weighted by Crippen LogP contribution is 2.21. The molecule has 1 aromatic carbocycles. The van der Waals surface area contributed by atoms with E-state index in [0.717, 1.165) is 5.69 Å². The van der Waals surface area contributed by atoms with Crippen molar-refractivity contribution in [3.63, 3.8) is 0 Å². The van der Waals surface area contributed by atoms with Crippen LogP contribution in [0.3, 0.4) is 0 Å². The summed E-state index contributed by atoms with van der Waals surface area (Å²) in [4.78, 5) is 34.8. The Balaban J connectivity index is 1.63. The fraction of sp³-hybridized carbons (Fsp3) is 0.312. The molecule has 1 aliphatic heterocycles. The van der Waals surface area contributed by atoms with E-state index in [-0.39, 0.29) is 11.6 Å². The van der Waals surface area contributed by atoms with E-state index in [0.29, 0.717) is 37.7 Å². The molecule has 1 fully saturated rings. The zero-order chi connectivity index (χ0) is 17.1. The zero-order valence-electron chi connectivity index (χ0n) is 13.3. The summed E-state index contributed by atoms with van der Waals surface area (Å²) in [5, 5.41) is 10.7. The van der Waals surface area contributed by atoms with Crippen LogP contribution >= 0.6 is 0 Å². The fourth-order valence-corrected chi connectivity index (χ4v) is 2.69. The zero-order valence-corrected chi connectivity index (χ0v) is 13.3. The van der Waals surface area contributed by atoms with E-state index in [1.54, 1.807) is 36.2 Å².